The summed E-state index contributed by atoms with van der Waals surface area (Å²) in [5.74, 6) is -1.40. The highest BCUT2D eigenvalue weighted by molar-refractivity contribution is 7.20. The summed E-state index contributed by atoms with van der Waals surface area (Å²) in [6.45, 7) is 7.65. The normalized spacial score (nSPS) is 12.9. The van der Waals surface area contributed by atoms with E-state index in [0.717, 1.165) is 15.9 Å². The Morgan fingerprint density at radius 3 is 2.46 bits per heavy atom. The Kier molecular flexibility index (Phi) is 10.5. The van der Waals surface area contributed by atoms with Crippen molar-refractivity contribution in [1.29, 1.82) is 0 Å². The highest BCUT2D eigenvalue weighted by atomic mass is 32.1. The van der Waals surface area contributed by atoms with Crippen molar-refractivity contribution in [3.05, 3.63) is 60.9 Å². The van der Waals surface area contributed by atoms with Gasteiger partial charge in [0.15, 0.2) is 0 Å². The van der Waals surface area contributed by atoms with Gasteiger partial charge in [0, 0.05) is 18.7 Å². The molecule has 3 aromatic rings. The number of ether oxygens (including phenoxy) is 3. The van der Waals surface area contributed by atoms with Crippen molar-refractivity contribution in [3.8, 4) is 5.75 Å². The summed E-state index contributed by atoms with van der Waals surface area (Å²) in [5, 5.41) is 9.54. The van der Waals surface area contributed by atoms with E-state index in [4.69, 9.17) is 14.2 Å². The Morgan fingerprint density at radius 2 is 1.88 bits per heavy atom. The Labute approximate surface area is 240 Å². The molecule has 1 aromatic carbocycles. The van der Waals surface area contributed by atoms with Crippen molar-refractivity contribution in [2.75, 3.05) is 34.0 Å². The van der Waals surface area contributed by atoms with Gasteiger partial charge in [-0.15, -0.1) is 11.3 Å². The van der Waals surface area contributed by atoms with Gasteiger partial charge >= 0.3 is 11.7 Å². The summed E-state index contributed by atoms with van der Waals surface area (Å²) < 4.78 is 32.9. The zero-order chi connectivity index (χ0) is 30.6. The first-order valence-electron chi connectivity index (χ1n) is 13.2. The van der Waals surface area contributed by atoms with Gasteiger partial charge in [-0.2, -0.15) is 0 Å². The van der Waals surface area contributed by atoms with Gasteiger partial charge in [-0.25, -0.2) is 18.5 Å². The number of methoxy groups -OCH3 is 1. The third-order valence-electron chi connectivity index (χ3n) is 6.87. The fourth-order valence-electron chi connectivity index (χ4n) is 4.48. The molecule has 13 heteroatoms. The summed E-state index contributed by atoms with van der Waals surface area (Å²) in [6.07, 6.45) is -1.02. The van der Waals surface area contributed by atoms with Gasteiger partial charge < -0.3 is 24.2 Å². The van der Waals surface area contributed by atoms with E-state index < -0.39 is 41.1 Å². The number of benzene rings is 1. The molecular formula is C28H36FN3O8S. The van der Waals surface area contributed by atoms with Crippen LogP contribution in [0.3, 0.4) is 0 Å². The second-order valence-electron chi connectivity index (χ2n) is 9.71. The van der Waals surface area contributed by atoms with E-state index in [0.29, 0.717) is 5.56 Å². The number of likely N-dealkylation sites (N-methyl/N-ethyl adjacent to an activating group) is 1. The number of esters is 1. The first-order valence-corrected chi connectivity index (χ1v) is 14.0. The minimum Gasteiger partial charge on any atom is -0.496 e. The molecule has 0 saturated carbocycles. The SMILES string of the molecule is CCOC(=O)c1sc2c(c1C)c(=O)n(C(C)C(=O)N(C)C(C)C)c(=O)n2CC(OCCO)c1cc(F)ccc1OC. The van der Waals surface area contributed by atoms with Crippen LogP contribution in [-0.4, -0.2) is 71.0 Å². The summed E-state index contributed by atoms with van der Waals surface area (Å²) in [6, 6.07) is 2.45. The molecule has 3 rings (SSSR count). The quantitative estimate of drug-likeness (QED) is 0.318. The van der Waals surface area contributed by atoms with E-state index in [9.17, 15) is 28.7 Å². The monoisotopic (exact) mass is 593 g/mol. The number of amides is 1. The molecule has 2 atom stereocenters. The first-order chi connectivity index (χ1) is 19.4. The van der Waals surface area contributed by atoms with Crippen LogP contribution in [0, 0.1) is 12.7 Å². The summed E-state index contributed by atoms with van der Waals surface area (Å²) >= 11 is 0.911. The highest BCUT2D eigenvalue weighted by Crippen LogP contribution is 2.33. The molecule has 0 aliphatic carbocycles. The molecule has 1 amide bonds. The number of hydrogen-bond donors (Lipinski definition) is 1. The van der Waals surface area contributed by atoms with Crippen LogP contribution in [-0.2, 0) is 20.8 Å². The number of aliphatic hydroxyl groups excluding tert-OH is 1. The van der Waals surface area contributed by atoms with Gasteiger partial charge in [-0.1, -0.05) is 0 Å². The Hall–Kier alpha value is -3.55. The van der Waals surface area contributed by atoms with Crippen molar-refractivity contribution >= 4 is 33.4 Å². The highest BCUT2D eigenvalue weighted by Gasteiger charge is 2.31. The third-order valence-corrected chi connectivity index (χ3v) is 8.16. The minimum atomic E-state index is -1.18. The fraction of sp³-hybridized carbons (Fsp3) is 0.500. The number of hydrogen-bond acceptors (Lipinski definition) is 9. The maximum Gasteiger partial charge on any atom is 0.348 e. The molecular weight excluding hydrogens is 557 g/mol. The largest absolute Gasteiger partial charge is 0.496 e. The number of carbonyl (C=O) groups excluding carboxylic acids is 2. The molecule has 0 bridgehead atoms. The number of halogens is 1. The molecule has 0 aliphatic rings. The predicted molar refractivity (Wildman–Crippen MR) is 152 cm³/mol. The molecule has 2 aromatic heterocycles. The van der Waals surface area contributed by atoms with Gasteiger partial charge in [0.2, 0.25) is 5.91 Å². The van der Waals surface area contributed by atoms with Gasteiger partial charge in [-0.3, -0.25) is 14.2 Å². The molecule has 224 valence electrons. The van der Waals surface area contributed by atoms with Crippen LogP contribution in [0.5, 0.6) is 5.75 Å². The summed E-state index contributed by atoms with van der Waals surface area (Å²) in [7, 11) is 2.98. The van der Waals surface area contributed by atoms with Crippen molar-refractivity contribution < 1.29 is 33.3 Å². The number of carbonyl (C=O) groups is 2. The summed E-state index contributed by atoms with van der Waals surface area (Å²) in [5.41, 5.74) is -0.963. The standard InChI is InChI=1S/C28H36FN3O8S/c1-8-39-27(36)23-16(4)22-25(35)32(17(5)24(34)30(6)15(2)3)28(37)31(26(22)41-23)14-21(40-12-11-33)19-13-18(29)9-10-20(19)38-7/h9-10,13,15,17,21,33H,8,11-12,14H2,1-7H3. The average molecular weight is 594 g/mol. The van der Waals surface area contributed by atoms with E-state index in [1.807, 2.05) is 0 Å². The Morgan fingerprint density at radius 1 is 1.20 bits per heavy atom. The predicted octanol–water partition coefficient (Wildman–Crippen LogP) is 3.04. The second-order valence-corrected chi connectivity index (χ2v) is 10.7. The molecule has 0 spiro atoms. The van der Waals surface area contributed by atoms with Crippen molar-refractivity contribution in [3.63, 3.8) is 0 Å². The minimum absolute atomic E-state index is 0.0802. The van der Waals surface area contributed by atoms with Gasteiger partial charge in [0.25, 0.3) is 5.56 Å². The molecule has 0 aliphatic heterocycles. The lowest BCUT2D eigenvalue weighted by molar-refractivity contribution is -0.134. The van der Waals surface area contributed by atoms with Crippen LogP contribution < -0.4 is 16.0 Å². The van der Waals surface area contributed by atoms with Crippen LogP contribution in [0.2, 0.25) is 0 Å². The number of fused-ring (bicyclic) bond motifs is 1. The van der Waals surface area contributed by atoms with E-state index in [1.165, 1.54) is 41.7 Å². The molecule has 11 nitrogen and oxygen atoms in total. The lowest BCUT2D eigenvalue weighted by atomic mass is 10.1. The zero-order valence-electron chi connectivity index (χ0n) is 24.2. The van der Waals surface area contributed by atoms with Crippen molar-refractivity contribution in [2.24, 2.45) is 0 Å². The van der Waals surface area contributed by atoms with Gasteiger partial charge in [0.1, 0.15) is 33.4 Å². The molecule has 0 saturated heterocycles. The van der Waals surface area contributed by atoms with Crippen LogP contribution in [0.15, 0.2) is 27.8 Å². The van der Waals surface area contributed by atoms with E-state index >= 15 is 0 Å². The molecule has 2 unspecified atom stereocenters. The average Bonchev–Trinajstić information content (AvgIpc) is 3.28. The molecule has 41 heavy (non-hydrogen) atoms. The smallest absolute Gasteiger partial charge is 0.348 e. The van der Waals surface area contributed by atoms with Crippen LogP contribution >= 0.6 is 11.3 Å². The maximum atomic E-state index is 14.3. The molecule has 1 N–H and O–H groups in total. The van der Waals surface area contributed by atoms with Gasteiger partial charge in [0.05, 0.1) is 38.9 Å². The van der Waals surface area contributed by atoms with Crippen molar-refractivity contribution in [1.82, 2.24) is 14.0 Å². The third kappa shape index (κ3) is 6.36. The fourth-order valence-corrected chi connectivity index (χ4v) is 5.67. The van der Waals surface area contributed by atoms with E-state index in [1.54, 1.807) is 34.7 Å². The molecule has 2 heterocycles. The topological polar surface area (TPSA) is 129 Å². The molecule has 0 fully saturated rings. The number of aryl methyl sites for hydroxylation is 1. The Bertz CT molecular complexity index is 1540. The summed E-state index contributed by atoms with van der Waals surface area (Å²) in [4.78, 5) is 55.6. The number of thiophene rings is 1. The Balaban J connectivity index is 2.36. The van der Waals surface area contributed by atoms with Gasteiger partial charge in [-0.05, 0) is 58.4 Å². The number of rotatable bonds is 12. The zero-order valence-corrected chi connectivity index (χ0v) is 25.0. The number of nitrogens with zero attached hydrogens (tertiary/aromatic N) is 3. The maximum absolute atomic E-state index is 14.3. The van der Waals surface area contributed by atoms with Crippen molar-refractivity contribution in [2.45, 2.75) is 59.4 Å². The number of aliphatic hydroxyl groups is 1. The van der Waals surface area contributed by atoms with E-state index in [2.05, 4.69) is 0 Å². The number of aromatic nitrogens is 2. The lowest BCUT2D eigenvalue weighted by Crippen LogP contribution is -2.47. The van der Waals surface area contributed by atoms with Crippen LogP contribution in [0.4, 0.5) is 4.39 Å². The second kappa shape index (κ2) is 13.4. The molecule has 0 radical (unpaired) electrons. The van der Waals surface area contributed by atoms with Crippen LogP contribution in [0.25, 0.3) is 10.2 Å². The first kappa shape index (κ1) is 32.0. The lowest BCUT2D eigenvalue weighted by Gasteiger charge is -2.27. The van der Waals surface area contributed by atoms with E-state index in [-0.39, 0.29) is 58.8 Å². The van der Waals surface area contributed by atoms with Crippen LogP contribution in [0.1, 0.15) is 60.6 Å².